The molecule has 3 N–H and O–H groups in total. The molecule has 1 saturated carbocycles. The van der Waals surface area contributed by atoms with Gasteiger partial charge in [-0.1, -0.05) is 6.92 Å². The molecule has 0 spiro atoms. The average Bonchev–Trinajstić information content (AvgIpc) is 2.72. The van der Waals surface area contributed by atoms with E-state index in [0.717, 1.165) is 18.2 Å². The zero-order valence-corrected chi connectivity index (χ0v) is 9.44. The van der Waals surface area contributed by atoms with Crippen LogP contribution in [-0.4, -0.2) is 6.04 Å². The van der Waals surface area contributed by atoms with E-state index in [1.165, 1.54) is 24.1 Å². The third-order valence-corrected chi connectivity index (χ3v) is 3.96. The molecule has 78 valence electrons. The molecule has 2 rings (SSSR count). The van der Waals surface area contributed by atoms with Crippen LogP contribution in [0, 0.1) is 5.92 Å². The summed E-state index contributed by atoms with van der Waals surface area (Å²) in [4.78, 5) is 1.28. The third kappa shape index (κ3) is 2.28. The SMILES string of the molecule is CC1CCC(NCc2sccc2N)C1. The second-order valence-corrected chi connectivity index (χ2v) is 5.30. The molecule has 0 aliphatic heterocycles. The van der Waals surface area contributed by atoms with Crippen LogP contribution in [0.15, 0.2) is 11.4 Å². The lowest BCUT2D eigenvalue weighted by atomic mass is 10.1. The summed E-state index contributed by atoms with van der Waals surface area (Å²) in [7, 11) is 0. The van der Waals surface area contributed by atoms with Gasteiger partial charge >= 0.3 is 0 Å². The number of nitrogens with one attached hydrogen (secondary N) is 1. The molecule has 3 heteroatoms. The van der Waals surface area contributed by atoms with Crippen LogP contribution >= 0.6 is 11.3 Å². The number of hydrogen-bond donors (Lipinski definition) is 2. The summed E-state index contributed by atoms with van der Waals surface area (Å²) < 4.78 is 0. The van der Waals surface area contributed by atoms with Gasteiger partial charge in [0.05, 0.1) is 0 Å². The first-order valence-corrected chi connectivity index (χ1v) is 6.19. The molecular weight excluding hydrogens is 192 g/mol. The zero-order chi connectivity index (χ0) is 9.97. The maximum atomic E-state index is 5.82. The second kappa shape index (κ2) is 4.32. The van der Waals surface area contributed by atoms with Crippen LogP contribution < -0.4 is 11.1 Å². The monoisotopic (exact) mass is 210 g/mol. The molecule has 1 aliphatic rings. The molecular formula is C11H18N2S. The number of hydrogen-bond acceptors (Lipinski definition) is 3. The van der Waals surface area contributed by atoms with E-state index >= 15 is 0 Å². The molecule has 1 fully saturated rings. The van der Waals surface area contributed by atoms with Gasteiger partial charge in [0.1, 0.15) is 0 Å². The van der Waals surface area contributed by atoms with Crippen LogP contribution in [-0.2, 0) is 6.54 Å². The Balaban J connectivity index is 1.80. The van der Waals surface area contributed by atoms with Crippen molar-refractivity contribution in [3.8, 4) is 0 Å². The van der Waals surface area contributed by atoms with Gasteiger partial charge in [0, 0.05) is 23.2 Å². The van der Waals surface area contributed by atoms with Crippen LogP contribution in [0.5, 0.6) is 0 Å². The smallest absolute Gasteiger partial charge is 0.0468 e. The molecule has 0 saturated heterocycles. The van der Waals surface area contributed by atoms with Gasteiger partial charge in [0.2, 0.25) is 0 Å². The molecule has 0 radical (unpaired) electrons. The summed E-state index contributed by atoms with van der Waals surface area (Å²) in [6.07, 6.45) is 4.02. The van der Waals surface area contributed by atoms with Crippen molar-refractivity contribution in [3.05, 3.63) is 16.3 Å². The van der Waals surface area contributed by atoms with Crippen molar-refractivity contribution >= 4 is 17.0 Å². The topological polar surface area (TPSA) is 38.0 Å². The van der Waals surface area contributed by atoms with Gasteiger partial charge in [-0.25, -0.2) is 0 Å². The molecule has 1 aliphatic carbocycles. The first kappa shape index (κ1) is 9.99. The highest BCUT2D eigenvalue weighted by atomic mass is 32.1. The molecule has 0 amide bonds. The number of nitrogens with two attached hydrogens (primary N) is 1. The molecule has 1 aromatic rings. The first-order chi connectivity index (χ1) is 6.75. The Morgan fingerprint density at radius 3 is 3.00 bits per heavy atom. The van der Waals surface area contributed by atoms with Crippen molar-refractivity contribution in [2.24, 2.45) is 5.92 Å². The van der Waals surface area contributed by atoms with E-state index in [1.54, 1.807) is 11.3 Å². The highest BCUT2D eigenvalue weighted by Crippen LogP contribution is 2.26. The molecule has 2 atom stereocenters. The highest BCUT2D eigenvalue weighted by molar-refractivity contribution is 7.10. The summed E-state index contributed by atoms with van der Waals surface area (Å²) in [6, 6.07) is 2.70. The van der Waals surface area contributed by atoms with E-state index < -0.39 is 0 Å². The fraction of sp³-hybridized carbons (Fsp3) is 0.636. The summed E-state index contributed by atoms with van der Waals surface area (Å²) in [5.74, 6) is 0.896. The lowest BCUT2D eigenvalue weighted by Gasteiger charge is -2.11. The Labute approximate surface area is 89.5 Å². The van der Waals surface area contributed by atoms with E-state index in [2.05, 4.69) is 17.6 Å². The van der Waals surface area contributed by atoms with Crippen LogP contribution in [0.2, 0.25) is 0 Å². The van der Waals surface area contributed by atoms with E-state index in [9.17, 15) is 0 Å². The van der Waals surface area contributed by atoms with Gasteiger partial charge in [-0.3, -0.25) is 0 Å². The number of thiophene rings is 1. The standard InChI is InChI=1S/C11H18N2S/c1-8-2-3-9(6-8)13-7-11-10(12)4-5-14-11/h4-5,8-9,13H,2-3,6-7,12H2,1H3. The molecule has 2 nitrogen and oxygen atoms in total. The predicted molar refractivity (Wildman–Crippen MR) is 62.4 cm³/mol. The Bertz CT molecular complexity index is 295. The minimum Gasteiger partial charge on any atom is -0.398 e. The average molecular weight is 210 g/mol. The summed E-state index contributed by atoms with van der Waals surface area (Å²) in [5, 5.41) is 5.64. The van der Waals surface area contributed by atoms with E-state index in [0.29, 0.717) is 6.04 Å². The van der Waals surface area contributed by atoms with Crippen molar-refractivity contribution < 1.29 is 0 Å². The van der Waals surface area contributed by atoms with Crippen LogP contribution in [0.1, 0.15) is 31.1 Å². The Morgan fingerprint density at radius 1 is 1.57 bits per heavy atom. The first-order valence-electron chi connectivity index (χ1n) is 5.31. The predicted octanol–water partition coefficient (Wildman–Crippen LogP) is 2.61. The Hall–Kier alpha value is -0.540. The molecule has 0 bridgehead atoms. The van der Waals surface area contributed by atoms with Crippen molar-refractivity contribution in [1.29, 1.82) is 0 Å². The summed E-state index contributed by atoms with van der Waals surface area (Å²) in [5.41, 5.74) is 6.76. The lowest BCUT2D eigenvalue weighted by molar-refractivity contribution is 0.505. The van der Waals surface area contributed by atoms with Crippen molar-refractivity contribution in [2.75, 3.05) is 5.73 Å². The summed E-state index contributed by atoms with van der Waals surface area (Å²) >= 11 is 1.75. The number of rotatable bonds is 3. The van der Waals surface area contributed by atoms with Gasteiger partial charge in [-0.2, -0.15) is 0 Å². The van der Waals surface area contributed by atoms with Crippen molar-refractivity contribution in [2.45, 2.75) is 38.8 Å². The minimum absolute atomic E-state index is 0.714. The molecule has 1 aromatic heterocycles. The Morgan fingerprint density at radius 2 is 2.43 bits per heavy atom. The Kier molecular flexibility index (Phi) is 3.08. The maximum Gasteiger partial charge on any atom is 0.0468 e. The van der Waals surface area contributed by atoms with Crippen molar-refractivity contribution in [3.63, 3.8) is 0 Å². The van der Waals surface area contributed by atoms with Crippen LogP contribution in [0.4, 0.5) is 5.69 Å². The normalized spacial score (nSPS) is 26.9. The van der Waals surface area contributed by atoms with E-state index in [-0.39, 0.29) is 0 Å². The highest BCUT2D eigenvalue weighted by Gasteiger charge is 2.20. The fourth-order valence-corrected chi connectivity index (χ4v) is 2.87. The lowest BCUT2D eigenvalue weighted by Crippen LogP contribution is -2.25. The van der Waals surface area contributed by atoms with E-state index in [4.69, 9.17) is 5.73 Å². The van der Waals surface area contributed by atoms with Crippen LogP contribution in [0.3, 0.4) is 0 Å². The molecule has 2 unspecified atom stereocenters. The van der Waals surface area contributed by atoms with Crippen molar-refractivity contribution in [1.82, 2.24) is 5.32 Å². The van der Waals surface area contributed by atoms with Crippen LogP contribution in [0.25, 0.3) is 0 Å². The molecule has 14 heavy (non-hydrogen) atoms. The maximum absolute atomic E-state index is 5.82. The van der Waals surface area contributed by atoms with Gasteiger partial charge in [0.25, 0.3) is 0 Å². The largest absolute Gasteiger partial charge is 0.398 e. The third-order valence-electron chi connectivity index (χ3n) is 3.03. The zero-order valence-electron chi connectivity index (χ0n) is 8.62. The van der Waals surface area contributed by atoms with Gasteiger partial charge < -0.3 is 11.1 Å². The van der Waals surface area contributed by atoms with Gasteiger partial charge in [0.15, 0.2) is 0 Å². The number of anilines is 1. The molecule has 1 heterocycles. The van der Waals surface area contributed by atoms with Gasteiger partial charge in [-0.15, -0.1) is 11.3 Å². The quantitative estimate of drug-likeness (QED) is 0.805. The minimum atomic E-state index is 0.714. The molecule has 0 aromatic carbocycles. The van der Waals surface area contributed by atoms with Gasteiger partial charge in [-0.05, 0) is 36.6 Å². The second-order valence-electron chi connectivity index (χ2n) is 4.30. The fourth-order valence-electron chi connectivity index (χ4n) is 2.12. The number of nitrogen functional groups attached to an aromatic ring is 1. The summed E-state index contributed by atoms with van der Waals surface area (Å²) in [6.45, 7) is 3.28. The van der Waals surface area contributed by atoms with E-state index in [1.807, 2.05) is 6.07 Å².